The van der Waals surface area contributed by atoms with Gasteiger partial charge in [0.05, 0.1) is 0 Å². The minimum absolute atomic E-state index is 0.0319. The number of benzene rings is 3. The summed E-state index contributed by atoms with van der Waals surface area (Å²) in [5.74, 6) is 0.0319. The Hall–Kier alpha value is -3.52. The van der Waals surface area contributed by atoms with Crippen LogP contribution in [0.2, 0.25) is 0 Å². The number of ketones is 1. The molecule has 0 saturated carbocycles. The zero-order valence-electron chi connectivity index (χ0n) is 14.4. The zero-order chi connectivity index (χ0) is 18.5. The first-order valence-electron chi connectivity index (χ1n) is 8.29. The zero-order valence-corrected chi connectivity index (χ0v) is 14.4. The highest BCUT2D eigenvalue weighted by Crippen LogP contribution is 2.05. The number of hydrogen-bond acceptors (Lipinski definition) is 2. The van der Waals surface area contributed by atoms with Gasteiger partial charge < -0.3 is 0 Å². The summed E-state index contributed by atoms with van der Waals surface area (Å²) < 4.78 is 0. The van der Waals surface area contributed by atoms with Crippen molar-refractivity contribution in [3.05, 3.63) is 120 Å². The van der Waals surface area contributed by atoms with Crippen LogP contribution in [0.4, 0.5) is 0 Å². The molecule has 0 N–H and O–H groups in total. The maximum absolute atomic E-state index is 11.7. The van der Waals surface area contributed by atoms with Crippen molar-refractivity contribution in [3.8, 4) is 0 Å². The van der Waals surface area contributed by atoms with Gasteiger partial charge in [0, 0.05) is 5.56 Å². The number of allylic oxidation sites excluding steroid dienone is 2. The van der Waals surface area contributed by atoms with Crippen LogP contribution in [-0.4, -0.2) is 12.1 Å². The van der Waals surface area contributed by atoms with Gasteiger partial charge in [-0.2, -0.15) is 0 Å². The lowest BCUT2D eigenvalue weighted by Gasteiger charge is -1.94. The maximum Gasteiger partial charge on any atom is 0.185 e. The minimum atomic E-state index is 0.0319. The molecule has 0 radical (unpaired) electrons. The average Bonchev–Trinajstić information content (AvgIpc) is 2.73. The van der Waals surface area contributed by atoms with E-state index in [2.05, 4.69) is 0 Å². The largest absolute Gasteiger partial charge is 0.299 e. The Morgan fingerprint density at radius 2 is 1.08 bits per heavy atom. The van der Waals surface area contributed by atoms with E-state index in [-0.39, 0.29) is 5.78 Å². The smallest absolute Gasteiger partial charge is 0.185 e. The third-order valence-corrected chi connectivity index (χ3v) is 3.45. The van der Waals surface area contributed by atoms with Crippen molar-refractivity contribution in [2.75, 3.05) is 0 Å². The fourth-order valence-corrected chi connectivity index (χ4v) is 2.15. The van der Waals surface area contributed by atoms with Gasteiger partial charge in [-0.05, 0) is 23.3 Å². The molecule has 0 bridgehead atoms. The highest BCUT2D eigenvalue weighted by molar-refractivity contribution is 6.06. The molecule has 0 aliphatic rings. The van der Waals surface area contributed by atoms with Gasteiger partial charge in [0.15, 0.2) is 5.78 Å². The maximum atomic E-state index is 11.7. The number of carbonyl (C=O) groups excluding carboxylic acids is 2. The molecule has 2 heteroatoms. The van der Waals surface area contributed by atoms with Crippen LogP contribution in [0.1, 0.15) is 21.5 Å². The Kier molecular flexibility index (Phi) is 8.04. The molecule has 0 aliphatic carbocycles. The van der Waals surface area contributed by atoms with Crippen LogP contribution < -0.4 is 0 Å². The molecule has 0 amide bonds. The number of carbonyl (C=O) groups is 2. The van der Waals surface area contributed by atoms with Crippen molar-refractivity contribution in [1.29, 1.82) is 0 Å². The molecule has 26 heavy (non-hydrogen) atoms. The molecule has 128 valence electrons. The number of aldehydes is 1. The second-order valence-electron chi connectivity index (χ2n) is 5.38. The minimum Gasteiger partial charge on any atom is -0.299 e. The molecule has 0 atom stereocenters. The van der Waals surface area contributed by atoms with Gasteiger partial charge in [0.25, 0.3) is 0 Å². The molecule has 3 rings (SSSR count). The van der Waals surface area contributed by atoms with Gasteiger partial charge in [-0.3, -0.25) is 9.59 Å². The van der Waals surface area contributed by atoms with Crippen molar-refractivity contribution in [3.63, 3.8) is 0 Å². The van der Waals surface area contributed by atoms with Gasteiger partial charge in [-0.25, -0.2) is 0 Å². The molecule has 0 aromatic heterocycles. The highest BCUT2D eigenvalue weighted by Gasteiger charge is 1.98. The van der Waals surface area contributed by atoms with E-state index < -0.39 is 0 Å². The molecule has 0 aliphatic heterocycles. The quantitative estimate of drug-likeness (QED) is 0.350. The summed E-state index contributed by atoms with van der Waals surface area (Å²) in [4.78, 5) is 21.6. The molecular weight excluding hydrogens is 320 g/mol. The summed E-state index contributed by atoms with van der Waals surface area (Å²) >= 11 is 0. The van der Waals surface area contributed by atoms with E-state index >= 15 is 0 Å². The summed E-state index contributed by atoms with van der Waals surface area (Å²) in [7, 11) is 0. The normalized spacial score (nSPS) is 10.3. The highest BCUT2D eigenvalue weighted by atomic mass is 16.1. The second kappa shape index (κ2) is 11.1. The standard InChI is InChI=1S/C15H12O.C9H8O/c16-15(14-9-5-2-6-10-14)12-11-13-7-3-1-4-8-13;10-8-4-7-9-5-2-1-3-6-9/h1-12H;1-8H/b12-11+;. The van der Waals surface area contributed by atoms with E-state index in [1.807, 2.05) is 97.1 Å². The molecule has 0 heterocycles. The van der Waals surface area contributed by atoms with Crippen LogP contribution >= 0.6 is 0 Å². The van der Waals surface area contributed by atoms with E-state index in [4.69, 9.17) is 0 Å². The first-order chi connectivity index (χ1) is 12.8. The molecule has 2 nitrogen and oxygen atoms in total. The molecule has 0 spiro atoms. The first-order valence-corrected chi connectivity index (χ1v) is 8.29. The summed E-state index contributed by atoms with van der Waals surface area (Å²) in [5.41, 5.74) is 2.80. The number of rotatable bonds is 5. The fourth-order valence-electron chi connectivity index (χ4n) is 2.15. The SMILES string of the molecule is O=C(/C=C/c1ccccc1)c1ccccc1.O=CC=Cc1ccccc1. The lowest BCUT2D eigenvalue weighted by atomic mass is 10.1. The molecule has 0 saturated heterocycles. The van der Waals surface area contributed by atoms with Crippen molar-refractivity contribution < 1.29 is 9.59 Å². The van der Waals surface area contributed by atoms with E-state index in [1.165, 1.54) is 6.08 Å². The monoisotopic (exact) mass is 340 g/mol. The van der Waals surface area contributed by atoms with Gasteiger partial charge in [-0.1, -0.05) is 103 Å². The topological polar surface area (TPSA) is 34.1 Å². The predicted octanol–water partition coefficient (Wildman–Crippen LogP) is 5.48. The Morgan fingerprint density at radius 3 is 1.58 bits per heavy atom. The third-order valence-electron chi connectivity index (χ3n) is 3.45. The lowest BCUT2D eigenvalue weighted by molar-refractivity contribution is -0.104. The second-order valence-corrected chi connectivity index (χ2v) is 5.38. The van der Waals surface area contributed by atoms with Gasteiger partial charge >= 0.3 is 0 Å². The fraction of sp³-hybridized carbons (Fsp3) is 0. The molecule has 0 fully saturated rings. The van der Waals surface area contributed by atoms with Crippen LogP contribution in [-0.2, 0) is 4.79 Å². The Bertz CT molecular complexity index is 848. The van der Waals surface area contributed by atoms with Crippen LogP contribution in [0.25, 0.3) is 12.2 Å². The molecule has 0 unspecified atom stereocenters. The van der Waals surface area contributed by atoms with Gasteiger partial charge in [-0.15, -0.1) is 0 Å². The van der Waals surface area contributed by atoms with Crippen LogP contribution in [0, 0.1) is 0 Å². The van der Waals surface area contributed by atoms with Gasteiger partial charge in [0.1, 0.15) is 6.29 Å². The van der Waals surface area contributed by atoms with Crippen molar-refractivity contribution in [2.45, 2.75) is 0 Å². The molecular formula is C24H20O2. The van der Waals surface area contributed by atoms with Crippen LogP contribution in [0.3, 0.4) is 0 Å². The van der Waals surface area contributed by atoms with E-state index in [0.29, 0.717) is 0 Å². The summed E-state index contributed by atoms with van der Waals surface area (Å²) in [6.07, 6.45) is 7.45. The van der Waals surface area contributed by atoms with Crippen LogP contribution in [0.15, 0.2) is 103 Å². The summed E-state index contributed by atoms with van der Waals surface area (Å²) in [5, 5.41) is 0. The Morgan fingerprint density at radius 1 is 0.615 bits per heavy atom. The van der Waals surface area contributed by atoms with E-state index in [1.54, 1.807) is 12.2 Å². The Labute approximate surface area is 154 Å². The van der Waals surface area contributed by atoms with Gasteiger partial charge in [0.2, 0.25) is 0 Å². The molecule has 3 aromatic rings. The van der Waals surface area contributed by atoms with Crippen molar-refractivity contribution in [1.82, 2.24) is 0 Å². The molecule has 3 aromatic carbocycles. The lowest BCUT2D eigenvalue weighted by Crippen LogP contribution is -1.92. The average molecular weight is 340 g/mol. The van der Waals surface area contributed by atoms with Crippen LogP contribution in [0.5, 0.6) is 0 Å². The van der Waals surface area contributed by atoms with Crippen molar-refractivity contribution >= 4 is 24.2 Å². The van der Waals surface area contributed by atoms with E-state index in [0.717, 1.165) is 23.0 Å². The Balaban J connectivity index is 0.000000209. The predicted molar refractivity (Wildman–Crippen MR) is 108 cm³/mol. The number of hydrogen-bond donors (Lipinski definition) is 0. The summed E-state index contributed by atoms with van der Waals surface area (Å²) in [6.45, 7) is 0. The first kappa shape index (κ1) is 18.8. The van der Waals surface area contributed by atoms with E-state index in [9.17, 15) is 9.59 Å². The van der Waals surface area contributed by atoms with Crippen molar-refractivity contribution in [2.24, 2.45) is 0 Å². The summed E-state index contributed by atoms with van der Waals surface area (Å²) in [6, 6.07) is 28.8. The third kappa shape index (κ3) is 6.93.